The topological polar surface area (TPSA) is 12.5 Å². The van der Waals surface area contributed by atoms with Crippen LogP contribution >= 0.6 is 0 Å². The van der Waals surface area contributed by atoms with Gasteiger partial charge in [0.25, 0.3) is 0 Å². The highest BCUT2D eigenvalue weighted by Gasteiger charge is 2.04. The first-order chi connectivity index (χ1) is 9.24. The van der Waals surface area contributed by atoms with Gasteiger partial charge < -0.3 is 9.64 Å². The molecule has 2 aromatic carbocycles. The first-order valence-corrected chi connectivity index (χ1v) is 7.09. The number of rotatable bonds is 6. The molecule has 0 bridgehead atoms. The third-order valence-corrected chi connectivity index (χ3v) is 3.53. The van der Waals surface area contributed by atoms with Gasteiger partial charge in [-0.05, 0) is 37.0 Å². The van der Waals surface area contributed by atoms with Crippen molar-refractivity contribution in [3.8, 4) is 5.75 Å². The number of nitrogens with zero attached hydrogens (tertiary/aromatic N) is 1. The van der Waals surface area contributed by atoms with Gasteiger partial charge in [0.05, 0.1) is 0 Å². The van der Waals surface area contributed by atoms with E-state index in [0.717, 1.165) is 32.0 Å². The van der Waals surface area contributed by atoms with Gasteiger partial charge in [-0.1, -0.05) is 44.2 Å². The molecule has 0 amide bonds. The molecular formula is C17H23NO. The van der Waals surface area contributed by atoms with Crippen LogP contribution in [0.1, 0.15) is 19.4 Å². The van der Waals surface area contributed by atoms with Crippen molar-refractivity contribution < 1.29 is 4.74 Å². The summed E-state index contributed by atoms with van der Waals surface area (Å²) >= 11 is 0. The maximum absolute atomic E-state index is 5.99. The van der Waals surface area contributed by atoms with Crippen molar-refractivity contribution in [1.82, 2.24) is 4.90 Å². The van der Waals surface area contributed by atoms with E-state index in [2.05, 4.69) is 62.1 Å². The van der Waals surface area contributed by atoms with Crippen LogP contribution in [0.25, 0.3) is 10.8 Å². The van der Waals surface area contributed by atoms with Gasteiger partial charge in [0, 0.05) is 11.9 Å². The van der Waals surface area contributed by atoms with E-state index < -0.39 is 0 Å². The fourth-order valence-corrected chi connectivity index (χ4v) is 2.36. The van der Waals surface area contributed by atoms with Gasteiger partial charge >= 0.3 is 0 Å². The van der Waals surface area contributed by atoms with Crippen LogP contribution in [0.3, 0.4) is 0 Å². The summed E-state index contributed by atoms with van der Waals surface area (Å²) < 4.78 is 5.99. The number of hydrogen-bond acceptors (Lipinski definition) is 2. The molecule has 0 fully saturated rings. The number of likely N-dealkylation sites (N-methyl/N-ethyl adjacent to an activating group) is 1. The molecule has 0 N–H and O–H groups in total. The van der Waals surface area contributed by atoms with Gasteiger partial charge in [0.1, 0.15) is 12.4 Å². The minimum Gasteiger partial charge on any atom is -0.492 e. The molecule has 0 heterocycles. The van der Waals surface area contributed by atoms with Crippen LogP contribution in [-0.4, -0.2) is 31.1 Å². The van der Waals surface area contributed by atoms with E-state index >= 15 is 0 Å². The van der Waals surface area contributed by atoms with Crippen molar-refractivity contribution in [2.24, 2.45) is 0 Å². The van der Waals surface area contributed by atoms with E-state index in [-0.39, 0.29) is 0 Å². The maximum atomic E-state index is 5.99. The molecule has 2 heteroatoms. The standard InChI is InChI=1S/C17H23NO/c1-4-18(5-2)10-11-19-17-13-14(3)12-15-8-6-7-9-16(15)17/h6-9,12-13H,4-5,10-11H2,1-3H3. The predicted octanol–water partition coefficient (Wildman–Crippen LogP) is 3.87. The highest BCUT2D eigenvalue weighted by Crippen LogP contribution is 2.27. The zero-order valence-corrected chi connectivity index (χ0v) is 12.1. The van der Waals surface area contributed by atoms with Gasteiger partial charge in [0.15, 0.2) is 0 Å². The molecule has 0 aliphatic rings. The molecule has 102 valence electrons. The van der Waals surface area contributed by atoms with E-state index in [1.807, 2.05) is 0 Å². The highest BCUT2D eigenvalue weighted by atomic mass is 16.5. The molecule has 0 saturated carbocycles. The summed E-state index contributed by atoms with van der Waals surface area (Å²) in [6, 6.07) is 12.7. The van der Waals surface area contributed by atoms with Crippen molar-refractivity contribution >= 4 is 10.8 Å². The highest BCUT2D eigenvalue weighted by molar-refractivity contribution is 5.88. The Balaban J connectivity index is 2.12. The molecule has 0 aliphatic heterocycles. The van der Waals surface area contributed by atoms with Gasteiger partial charge in [-0.15, -0.1) is 0 Å². The summed E-state index contributed by atoms with van der Waals surface area (Å²) in [5.74, 6) is 1.00. The zero-order valence-electron chi connectivity index (χ0n) is 12.1. The van der Waals surface area contributed by atoms with Crippen molar-refractivity contribution in [3.05, 3.63) is 42.0 Å². The fraction of sp³-hybridized carbons (Fsp3) is 0.412. The summed E-state index contributed by atoms with van der Waals surface area (Å²) in [6.45, 7) is 10.4. The van der Waals surface area contributed by atoms with Gasteiger partial charge in [-0.3, -0.25) is 0 Å². The smallest absolute Gasteiger partial charge is 0.127 e. The van der Waals surface area contributed by atoms with Crippen molar-refractivity contribution in [2.75, 3.05) is 26.2 Å². The summed E-state index contributed by atoms with van der Waals surface area (Å²) in [4.78, 5) is 2.37. The molecule has 0 aromatic heterocycles. The van der Waals surface area contributed by atoms with E-state index in [1.165, 1.54) is 16.3 Å². The molecule has 0 spiro atoms. The molecule has 2 nitrogen and oxygen atoms in total. The molecule has 2 aromatic rings. The molecule has 0 unspecified atom stereocenters. The normalized spacial score (nSPS) is 11.2. The zero-order chi connectivity index (χ0) is 13.7. The van der Waals surface area contributed by atoms with E-state index in [0.29, 0.717) is 0 Å². The molecule has 2 rings (SSSR count). The lowest BCUT2D eigenvalue weighted by molar-refractivity contribution is 0.224. The number of hydrogen-bond donors (Lipinski definition) is 0. The Kier molecular flexibility index (Phi) is 4.80. The van der Waals surface area contributed by atoms with Gasteiger partial charge in [-0.2, -0.15) is 0 Å². The van der Waals surface area contributed by atoms with Crippen LogP contribution < -0.4 is 4.74 Å². The SMILES string of the molecule is CCN(CC)CCOc1cc(C)cc2ccccc12. The minimum absolute atomic E-state index is 0.745. The Morgan fingerprint density at radius 1 is 1.05 bits per heavy atom. The molecule has 0 saturated heterocycles. The third-order valence-electron chi connectivity index (χ3n) is 3.53. The number of benzene rings is 2. The second kappa shape index (κ2) is 6.58. The lowest BCUT2D eigenvalue weighted by atomic mass is 10.1. The van der Waals surface area contributed by atoms with Crippen molar-refractivity contribution in [2.45, 2.75) is 20.8 Å². The Bertz CT molecular complexity index is 532. The Hall–Kier alpha value is -1.54. The summed E-state index contributed by atoms with van der Waals surface area (Å²) in [7, 11) is 0. The van der Waals surface area contributed by atoms with Crippen LogP contribution in [0.15, 0.2) is 36.4 Å². The summed E-state index contributed by atoms with van der Waals surface area (Å²) in [5, 5.41) is 2.45. The number of aryl methyl sites for hydroxylation is 1. The van der Waals surface area contributed by atoms with Crippen LogP contribution in [0.5, 0.6) is 5.75 Å². The monoisotopic (exact) mass is 257 g/mol. The third kappa shape index (κ3) is 3.48. The molecule has 19 heavy (non-hydrogen) atoms. The van der Waals surface area contributed by atoms with Gasteiger partial charge in [0.2, 0.25) is 0 Å². The average Bonchev–Trinajstić information content (AvgIpc) is 2.43. The first-order valence-electron chi connectivity index (χ1n) is 7.09. The Morgan fingerprint density at radius 2 is 1.79 bits per heavy atom. The van der Waals surface area contributed by atoms with E-state index in [1.54, 1.807) is 0 Å². The summed E-state index contributed by atoms with van der Waals surface area (Å²) in [5.41, 5.74) is 1.25. The quantitative estimate of drug-likeness (QED) is 0.779. The van der Waals surface area contributed by atoms with Crippen molar-refractivity contribution in [3.63, 3.8) is 0 Å². The minimum atomic E-state index is 0.745. The molecular weight excluding hydrogens is 234 g/mol. The molecule has 0 aliphatic carbocycles. The van der Waals surface area contributed by atoms with Crippen LogP contribution in [-0.2, 0) is 0 Å². The summed E-state index contributed by atoms with van der Waals surface area (Å²) in [6.07, 6.45) is 0. The van der Waals surface area contributed by atoms with E-state index in [4.69, 9.17) is 4.74 Å². The molecule has 0 atom stereocenters. The molecule has 0 radical (unpaired) electrons. The average molecular weight is 257 g/mol. The maximum Gasteiger partial charge on any atom is 0.127 e. The largest absolute Gasteiger partial charge is 0.492 e. The Morgan fingerprint density at radius 3 is 2.53 bits per heavy atom. The fourth-order valence-electron chi connectivity index (χ4n) is 2.36. The van der Waals surface area contributed by atoms with Crippen molar-refractivity contribution in [1.29, 1.82) is 0 Å². The number of ether oxygens (including phenoxy) is 1. The van der Waals surface area contributed by atoms with Gasteiger partial charge in [-0.25, -0.2) is 0 Å². The lowest BCUT2D eigenvalue weighted by Gasteiger charge is -2.18. The lowest BCUT2D eigenvalue weighted by Crippen LogP contribution is -2.27. The second-order valence-corrected chi connectivity index (χ2v) is 4.86. The van der Waals surface area contributed by atoms with Crippen LogP contribution in [0.4, 0.5) is 0 Å². The predicted molar refractivity (Wildman–Crippen MR) is 82.0 cm³/mol. The Labute approximate surface area is 116 Å². The first kappa shape index (κ1) is 13.9. The number of fused-ring (bicyclic) bond motifs is 1. The second-order valence-electron chi connectivity index (χ2n) is 4.86. The van der Waals surface area contributed by atoms with Crippen LogP contribution in [0, 0.1) is 6.92 Å². The van der Waals surface area contributed by atoms with E-state index in [9.17, 15) is 0 Å². The van der Waals surface area contributed by atoms with Crippen LogP contribution in [0.2, 0.25) is 0 Å².